The molecule has 1 aliphatic heterocycles. The van der Waals surface area contributed by atoms with Crippen LogP contribution in [0.3, 0.4) is 0 Å². The molecule has 8 nitrogen and oxygen atoms in total. The molecule has 4 rings (SSSR count). The molecule has 0 aliphatic carbocycles. The van der Waals surface area contributed by atoms with E-state index >= 15 is 0 Å². The fraction of sp³-hybridized carbons (Fsp3) is 0.350. The number of anilines is 2. The molecule has 0 bridgehead atoms. The fourth-order valence-electron chi connectivity index (χ4n) is 3.46. The van der Waals surface area contributed by atoms with Crippen molar-refractivity contribution in [3.05, 3.63) is 34.7 Å². The van der Waals surface area contributed by atoms with Gasteiger partial charge in [-0.15, -0.1) is 11.3 Å². The van der Waals surface area contributed by atoms with Crippen LogP contribution in [0.4, 0.5) is 11.5 Å². The van der Waals surface area contributed by atoms with Crippen molar-refractivity contribution in [2.24, 2.45) is 0 Å². The summed E-state index contributed by atoms with van der Waals surface area (Å²) in [5, 5.41) is 4.06. The molecule has 1 amide bonds. The predicted molar refractivity (Wildman–Crippen MR) is 125 cm³/mol. The molecule has 0 radical (unpaired) electrons. The van der Waals surface area contributed by atoms with E-state index in [1.165, 1.54) is 22.1 Å². The second kappa shape index (κ2) is 8.73. The smallest absolute Gasteiger partial charge is 0.243 e. The van der Waals surface area contributed by atoms with E-state index in [9.17, 15) is 13.2 Å². The highest BCUT2D eigenvalue weighted by Gasteiger charge is 2.27. The SMILES string of the molecule is Cc1sc2nc(SCC(=O)Nc3cccc(S(=O)(=O)N4CCCC4)c3)nc(N)c2c1C. The number of thioether (sulfide) groups is 1. The Morgan fingerprint density at radius 1 is 1.26 bits per heavy atom. The molecule has 11 heteroatoms. The number of nitrogen functional groups attached to an aromatic ring is 1. The number of nitrogens with one attached hydrogen (secondary N) is 1. The third kappa shape index (κ3) is 4.54. The molecule has 2 aromatic heterocycles. The first-order chi connectivity index (χ1) is 14.8. The van der Waals surface area contributed by atoms with Crippen LogP contribution in [0.25, 0.3) is 10.2 Å². The van der Waals surface area contributed by atoms with E-state index in [2.05, 4.69) is 15.3 Å². The number of benzene rings is 1. The van der Waals surface area contributed by atoms with Crippen molar-refractivity contribution in [2.75, 3.05) is 29.9 Å². The summed E-state index contributed by atoms with van der Waals surface area (Å²) in [6, 6.07) is 6.34. The fourth-order valence-corrected chi connectivity index (χ4v) is 6.77. The van der Waals surface area contributed by atoms with Crippen molar-refractivity contribution < 1.29 is 13.2 Å². The summed E-state index contributed by atoms with van der Waals surface area (Å²) in [4.78, 5) is 23.4. The number of nitrogens with zero attached hydrogens (tertiary/aromatic N) is 3. The Bertz CT molecular complexity index is 1250. The summed E-state index contributed by atoms with van der Waals surface area (Å²) in [5.74, 6) is 0.216. The Morgan fingerprint density at radius 2 is 2.00 bits per heavy atom. The Labute approximate surface area is 189 Å². The van der Waals surface area contributed by atoms with Crippen LogP contribution in [0.5, 0.6) is 0 Å². The van der Waals surface area contributed by atoms with E-state index in [4.69, 9.17) is 5.73 Å². The minimum Gasteiger partial charge on any atom is -0.383 e. The molecular weight excluding hydrogens is 454 g/mol. The van der Waals surface area contributed by atoms with E-state index in [0.29, 0.717) is 29.8 Å². The standard InChI is InChI=1S/C20H23N5O3S3/c1-12-13(2)30-19-17(12)18(21)23-20(24-19)29-11-16(26)22-14-6-5-7-15(10-14)31(27,28)25-8-3-4-9-25/h5-7,10H,3-4,8-9,11H2,1-2H3,(H,22,26)(H2,21,23,24). The average Bonchev–Trinajstić information content (AvgIpc) is 3.36. The number of aromatic nitrogens is 2. The first kappa shape index (κ1) is 22.0. The van der Waals surface area contributed by atoms with E-state index in [1.54, 1.807) is 29.5 Å². The third-order valence-electron chi connectivity index (χ3n) is 5.19. The van der Waals surface area contributed by atoms with Crippen molar-refractivity contribution in [2.45, 2.75) is 36.7 Å². The van der Waals surface area contributed by atoms with Gasteiger partial charge in [0.15, 0.2) is 5.16 Å². The summed E-state index contributed by atoms with van der Waals surface area (Å²) in [7, 11) is -3.54. The molecule has 1 fully saturated rings. The van der Waals surface area contributed by atoms with Crippen LogP contribution in [0.15, 0.2) is 34.3 Å². The minimum absolute atomic E-state index is 0.0807. The molecule has 0 saturated carbocycles. The number of fused-ring (bicyclic) bond motifs is 1. The highest BCUT2D eigenvalue weighted by molar-refractivity contribution is 7.99. The second-order valence-corrected chi connectivity index (χ2v) is 11.4. The van der Waals surface area contributed by atoms with Gasteiger partial charge in [0.05, 0.1) is 16.0 Å². The number of thiophene rings is 1. The number of hydrogen-bond acceptors (Lipinski definition) is 8. The maximum atomic E-state index is 12.7. The zero-order valence-electron chi connectivity index (χ0n) is 17.2. The summed E-state index contributed by atoms with van der Waals surface area (Å²) < 4.78 is 26.9. The lowest BCUT2D eigenvalue weighted by Gasteiger charge is -2.16. The quantitative estimate of drug-likeness (QED) is 0.412. The van der Waals surface area contributed by atoms with Crippen LogP contribution in [-0.4, -0.2) is 47.4 Å². The van der Waals surface area contributed by atoms with Crippen LogP contribution in [0, 0.1) is 13.8 Å². The maximum absolute atomic E-state index is 12.7. The monoisotopic (exact) mass is 477 g/mol. The van der Waals surface area contributed by atoms with Gasteiger partial charge in [-0.2, -0.15) is 4.31 Å². The maximum Gasteiger partial charge on any atom is 0.243 e. The molecule has 1 saturated heterocycles. The van der Waals surface area contributed by atoms with Gasteiger partial charge in [-0.05, 0) is 50.5 Å². The minimum atomic E-state index is -3.54. The van der Waals surface area contributed by atoms with Gasteiger partial charge in [0, 0.05) is 23.7 Å². The van der Waals surface area contributed by atoms with Crippen molar-refractivity contribution in [1.82, 2.24) is 14.3 Å². The Balaban J connectivity index is 1.43. The number of aryl methyl sites for hydroxylation is 2. The number of carbonyl (C=O) groups excluding carboxylic acids is 1. The van der Waals surface area contributed by atoms with Crippen LogP contribution in [0.1, 0.15) is 23.3 Å². The van der Waals surface area contributed by atoms with Crippen LogP contribution < -0.4 is 11.1 Å². The predicted octanol–water partition coefficient (Wildman–Crippen LogP) is 3.41. The van der Waals surface area contributed by atoms with Gasteiger partial charge < -0.3 is 11.1 Å². The van der Waals surface area contributed by atoms with E-state index < -0.39 is 10.0 Å². The molecule has 1 aliphatic rings. The molecule has 3 heterocycles. The topological polar surface area (TPSA) is 118 Å². The molecule has 0 unspecified atom stereocenters. The third-order valence-corrected chi connectivity index (χ3v) is 9.03. The van der Waals surface area contributed by atoms with Crippen LogP contribution >= 0.6 is 23.1 Å². The number of hydrogen-bond donors (Lipinski definition) is 2. The van der Waals surface area contributed by atoms with Gasteiger partial charge in [-0.1, -0.05) is 17.8 Å². The van der Waals surface area contributed by atoms with Gasteiger partial charge in [0.25, 0.3) is 0 Å². The van der Waals surface area contributed by atoms with Gasteiger partial charge in [0.1, 0.15) is 10.6 Å². The lowest BCUT2D eigenvalue weighted by atomic mass is 10.2. The van der Waals surface area contributed by atoms with Crippen molar-refractivity contribution in [3.63, 3.8) is 0 Å². The molecule has 1 aromatic carbocycles. The van der Waals surface area contributed by atoms with Crippen molar-refractivity contribution >= 4 is 60.8 Å². The summed E-state index contributed by atoms with van der Waals surface area (Å²) in [6.45, 7) is 5.07. The van der Waals surface area contributed by atoms with Gasteiger partial charge in [-0.25, -0.2) is 18.4 Å². The van der Waals surface area contributed by atoms with E-state index in [1.807, 2.05) is 13.8 Å². The average molecular weight is 478 g/mol. The summed E-state index contributed by atoms with van der Waals surface area (Å²) in [5.41, 5.74) is 7.61. The van der Waals surface area contributed by atoms with Gasteiger partial charge >= 0.3 is 0 Å². The molecule has 0 spiro atoms. The van der Waals surface area contributed by atoms with Crippen molar-refractivity contribution in [3.8, 4) is 0 Å². The second-order valence-electron chi connectivity index (χ2n) is 7.33. The van der Waals surface area contributed by atoms with Crippen molar-refractivity contribution in [1.29, 1.82) is 0 Å². The highest BCUT2D eigenvalue weighted by Crippen LogP contribution is 2.33. The largest absolute Gasteiger partial charge is 0.383 e. The molecule has 0 atom stereocenters. The number of carbonyl (C=O) groups is 1. The molecular formula is C20H23N5O3S3. The first-order valence-corrected chi connectivity index (χ1v) is 13.1. The van der Waals surface area contributed by atoms with Crippen LogP contribution in [-0.2, 0) is 14.8 Å². The Kier molecular flexibility index (Phi) is 6.20. The Morgan fingerprint density at radius 3 is 2.74 bits per heavy atom. The van der Waals surface area contributed by atoms with Gasteiger partial charge in [0.2, 0.25) is 15.9 Å². The zero-order chi connectivity index (χ0) is 22.2. The normalized spacial score (nSPS) is 14.9. The highest BCUT2D eigenvalue weighted by atomic mass is 32.2. The van der Waals surface area contributed by atoms with Gasteiger partial charge in [-0.3, -0.25) is 4.79 Å². The Hall–Kier alpha value is -2.21. The molecule has 164 valence electrons. The van der Waals surface area contributed by atoms with E-state index in [-0.39, 0.29) is 16.6 Å². The molecule has 3 aromatic rings. The van der Waals surface area contributed by atoms with Crippen LogP contribution in [0.2, 0.25) is 0 Å². The summed E-state index contributed by atoms with van der Waals surface area (Å²) in [6.07, 6.45) is 1.74. The lowest BCUT2D eigenvalue weighted by Crippen LogP contribution is -2.28. The number of sulfonamides is 1. The first-order valence-electron chi connectivity index (χ1n) is 9.82. The van der Waals surface area contributed by atoms with E-state index in [0.717, 1.165) is 33.5 Å². The number of amides is 1. The number of rotatable bonds is 6. The molecule has 3 N–H and O–H groups in total. The summed E-state index contributed by atoms with van der Waals surface area (Å²) >= 11 is 2.74. The zero-order valence-corrected chi connectivity index (χ0v) is 19.7. The lowest BCUT2D eigenvalue weighted by molar-refractivity contribution is -0.113. The number of nitrogens with two attached hydrogens (primary N) is 1. The molecule has 31 heavy (non-hydrogen) atoms.